The summed E-state index contributed by atoms with van der Waals surface area (Å²) in [6, 6.07) is 3.18. The van der Waals surface area contributed by atoms with Crippen molar-refractivity contribution < 1.29 is 13.9 Å². The van der Waals surface area contributed by atoms with Crippen molar-refractivity contribution >= 4 is 12.4 Å². The number of nitrogens with two attached hydrogens (primary N) is 1. The third kappa shape index (κ3) is 4.52. The molecule has 18 heavy (non-hydrogen) atoms. The Balaban J connectivity index is 0.00000289. The summed E-state index contributed by atoms with van der Waals surface area (Å²) >= 11 is 0. The average molecular weight is 280 g/mol. The van der Waals surface area contributed by atoms with Crippen LogP contribution in [0.25, 0.3) is 0 Å². The molecule has 1 rings (SSSR count). The van der Waals surface area contributed by atoms with Crippen molar-refractivity contribution in [3.63, 3.8) is 0 Å². The lowest BCUT2D eigenvalue weighted by molar-refractivity contribution is 0.133. The molecule has 0 aliphatic carbocycles. The van der Waals surface area contributed by atoms with Crippen molar-refractivity contribution in [2.24, 2.45) is 11.1 Å². The number of hydrogen-bond donors (Lipinski definition) is 2. The minimum Gasteiger partial charge on any atom is -0.388 e. The quantitative estimate of drug-likeness (QED) is 0.893. The molecule has 0 radical (unpaired) electrons. The third-order valence-corrected chi connectivity index (χ3v) is 2.92. The maximum absolute atomic E-state index is 13.0. The summed E-state index contributed by atoms with van der Waals surface area (Å²) in [5, 5.41) is 9.90. The van der Waals surface area contributed by atoms with Gasteiger partial charge in [-0.2, -0.15) is 0 Å². The van der Waals surface area contributed by atoms with Crippen LogP contribution in [0.4, 0.5) is 8.78 Å². The molecule has 2 atom stereocenters. The van der Waals surface area contributed by atoms with E-state index in [1.54, 1.807) is 0 Å². The lowest BCUT2D eigenvalue weighted by Gasteiger charge is -2.29. The van der Waals surface area contributed by atoms with Crippen LogP contribution in [0.1, 0.15) is 38.9 Å². The molecular weight excluding hydrogens is 260 g/mol. The van der Waals surface area contributed by atoms with Crippen molar-refractivity contribution in [2.45, 2.75) is 39.3 Å². The summed E-state index contributed by atoms with van der Waals surface area (Å²) in [7, 11) is 0. The molecule has 0 aromatic heterocycles. The normalized spacial score (nSPS) is 14.8. The number of aliphatic hydroxyl groups excluding tert-OH is 1. The Labute approximate surface area is 113 Å². The van der Waals surface area contributed by atoms with Gasteiger partial charge in [0.25, 0.3) is 0 Å². The van der Waals surface area contributed by atoms with Crippen molar-refractivity contribution in [2.75, 3.05) is 0 Å². The monoisotopic (exact) mass is 279 g/mol. The second-order valence-corrected chi connectivity index (χ2v) is 5.40. The van der Waals surface area contributed by atoms with E-state index in [1.807, 2.05) is 20.8 Å². The van der Waals surface area contributed by atoms with Crippen molar-refractivity contribution in [1.29, 1.82) is 0 Å². The second-order valence-electron chi connectivity index (χ2n) is 5.40. The first kappa shape index (κ1) is 17.3. The van der Waals surface area contributed by atoms with Gasteiger partial charge in [0.1, 0.15) is 0 Å². The van der Waals surface area contributed by atoms with E-state index in [0.29, 0.717) is 12.0 Å². The van der Waals surface area contributed by atoms with E-state index in [-0.39, 0.29) is 23.9 Å². The Hall–Kier alpha value is -0.710. The van der Waals surface area contributed by atoms with Crippen molar-refractivity contribution in [3.05, 3.63) is 35.4 Å². The van der Waals surface area contributed by atoms with Gasteiger partial charge in [-0.3, -0.25) is 0 Å². The molecule has 0 spiro atoms. The average Bonchev–Trinajstić information content (AvgIpc) is 2.20. The lowest BCUT2D eigenvalue weighted by atomic mass is 9.83. The molecule has 0 fully saturated rings. The van der Waals surface area contributed by atoms with Gasteiger partial charge in [-0.05, 0) is 29.5 Å². The molecule has 2 nitrogen and oxygen atoms in total. The Morgan fingerprint density at radius 3 is 2.22 bits per heavy atom. The highest BCUT2D eigenvalue weighted by Crippen LogP contribution is 2.27. The van der Waals surface area contributed by atoms with Crippen LogP contribution in [0, 0.1) is 17.0 Å². The van der Waals surface area contributed by atoms with Gasteiger partial charge in [-0.1, -0.05) is 26.8 Å². The Morgan fingerprint density at radius 2 is 1.78 bits per heavy atom. The van der Waals surface area contributed by atoms with Gasteiger partial charge >= 0.3 is 0 Å². The van der Waals surface area contributed by atoms with Gasteiger partial charge in [0.15, 0.2) is 11.6 Å². The molecule has 0 heterocycles. The van der Waals surface area contributed by atoms with Crippen molar-refractivity contribution in [3.8, 4) is 0 Å². The number of rotatable bonds is 3. The van der Waals surface area contributed by atoms with Gasteiger partial charge in [-0.25, -0.2) is 8.78 Å². The van der Waals surface area contributed by atoms with Crippen LogP contribution >= 0.6 is 12.4 Å². The maximum Gasteiger partial charge on any atom is 0.159 e. The molecule has 0 bridgehead atoms. The predicted octanol–water partition coefficient (Wildman–Crippen LogP) is 3.18. The van der Waals surface area contributed by atoms with Crippen LogP contribution in [-0.4, -0.2) is 11.1 Å². The van der Waals surface area contributed by atoms with E-state index in [2.05, 4.69) is 0 Å². The summed E-state index contributed by atoms with van der Waals surface area (Å²) in [4.78, 5) is 0. The fourth-order valence-corrected chi connectivity index (χ4v) is 1.45. The summed E-state index contributed by atoms with van der Waals surface area (Å²) in [5.41, 5.74) is 6.14. The van der Waals surface area contributed by atoms with E-state index in [0.717, 1.165) is 12.1 Å². The Bertz CT molecular complexity index is 393. The number of hydrogen-bond acceptors (Lipinski definition) is 2. The van der Waals surface area contributed by atoms with Crippen LogP contribution in [0.15, 0.2) is 18.2 Å². The first-order valence-corrected chi connectivity index (χ1v) is 5.60. The fourth-order valence-electron chi connectivity index (χ4n) is 1.45. The Morgan fingerprint density at radius 1 is 1.22 bits per heavy atom. The van der Waals surface area contributed by atoms with Crippen LogP contribution in [0.3, 0.4) is 0 Å². The molecule has 1 aromatic rings. The zero-order valence-corrected chi connectivity index (χ0v) is 11.6. The SMILES string of the molecule is CC(C)(C)[C@@H](N)C[C@H](O)c1ccc(F)c(F)c1.Cl. The zero-order valence-electron chi connectivity index (χ0n) is 10.8. The van der Waals surface area contributed by atoms with Gasteiger partial charge < -0.3 is 10.8 Å². The molecule has 1 aromatic carbocycles. The van der Waals surface area contributed by atoms with E-state index < -0.39 is 17.7 Å². The summed E-state index contributed by atoms with van der Waals surface area (Å²) in [6.45, 7) is 5.90. The standard InChI is InChI=1S/C13H19F2NO.ClH/c1-13(2,3)12(16)7-11(17)8-4-5-9(14)10(15)6-8;/h4-6,11-12,17H,7,16H2,1-3H3;1H/t11-,12-;/m0./s1. The van der Waals surface area contributed by atoms with Gasteiger partial charge in [0.05, 0.1) is 6.10 Å². The minimum absolute atomic E-state index is 0. The van der Waals surface area contributed by atoms with Gasteiger partial charge in [0.2, 0.25) is 0 Å². The van der Waals surface area contributed by atoms with Gasteiger partial charge in [-0.15, -0.1) is 12.4 Å². The topological polar surface area (TPSA) is 46.2 Å². The number of halogens is 3. The molecule has 0 saturated carbocycles. The fraction of sp³-hybridized carbons (Fsp3) is 0.538. The minimum atomic E-state index is -0.953. The molecule has 104 valence electrons. The molecule has 3 N–H and O–H groups in total. The molecule has 0 unspecified atom stereocenters. The summed E-state index contributed by atoms with van der Waals surface area (Å²) in [5.74, 6) is -1.87. The highest BCUT2D eigenvalue weighted by Gasteiger charge is 2.24. The molecule has 0 amide bonds. The second kappa shape index (κ2) is 6.45. The smallest absolute Gasteiger partial charge is 0.159 e. The molecular formula is C13H20ClF2NO. The van der Waals surface area contributed by atoms with Crippen LogP contribution in [-0.2, 0) is 0 Å². The number of aliphatic hydroxyl groups is 1. The van der Waals surface area contributed by atoms with Crippen molar-refractivity contribution in [1.82, 2.24) is 0 Å². The Kier molecular flexibility index (Phi) is 6.20. The first-order valence-electron chi connectivity index (χ1n) is 5.60. The predicted molar refractivity (Wildman–Crippen MR) is 70.6 cm³/mol. The molecule has 0 saturated heterocycles. The maximum atomic E-state index is 13.0. The van der Waals surface area contributed by atoms with Crippen LogP contribution < -0.4 is 5.73 Å². The first-order chi connectivity index (χ1) is 7.71. The summed E-state index contributed by atoms with van der Waals surface area (Å²) in [6.07, 6.45) is -0.562. The van der Waals surface area contributed by atoms with E-state index in [1.165, 1.54) is 6.07 Å². The van der Waals surface area contributed by atoms with E-state index in [9.17, 15) is 13.9 Å². The largest absolute Gasteiger partial charge is 0.388 e. The lowest BCUT2D eigenvalue weighted by Crippen LogP contribution is -2.36. The molecule has 0 aliphatic rings. The molecule has 0 aliphatic heterocycles. The van der Waals surface area contributed by atoms with E-state index in [4.69, 9.17) is 5.73 Å². The highest BCUT2D eigenvalue weighted by molar-refractivity contribution is 5.85. The van der Waals surface area contributed by atoms with Crippen LogP contribution in [0.2, 0.25) is 0 Å². The highest BCUT2D eigenvalue weighted by atomic mass is 35.5. The van der Waals surface area contributed by atoms with E-state index >= 15 is 0 Å². The van der Waals surface area contributed by atoms with Crippen LogP contribution in [0.5, 0.6) is 0 Å². The zero-order chi connectivity index (χ0) is 13.2. The summed E-state index contributed by atoms with van der Waals surface area (Å²) < 4.78 is 25.7. The van der Waals surface area contributed by atoms with Gasteiger partial charge in [0, 0.05) is 6.04 Å². The number of benzene rings is 1. The molecule has 5 heteroatoms. The third-order valence-electron chi connectivity index (χ3n) is 2.92.